The summed E-state index contributed by atoms with van der Waals surface area (Å²) in [5.41, 5.74) is 3.99. The zero-order valence-electron chi connectivity index (χ0n) is 12.5. The maximum Gasteiger partial charge on any atom is 0.161 e. The number of rotatable bonds is 4. The highest BCUT2D eigenvalue weighted by atomic mass is 16.5. The van der Waals surface area contributed by atoms with Gasteiger partial charge < -0.3 is 20.1 Å². The zero-order chi connectivity index (χ0) is 15.6. The third-order valence-corrected chi connectivity index (χ3v) is 3.56. The Morgan fingerprint density at radius 2 is 1.48 bits per heavy atom. The molecule has 21 heavy (non-hydrogen) atoms. The number of methoxy groups -OCH3 is 1. The van der Waals surface area contributed by atoms with Gasteiger partial charge in [0, 0.05) is 5.56 Å². The third kappa shape index (κ3) is 3.11. The first-order valence-corrected chi connectivity index (χ1v) is 6.75. The summed E-state index contributed by atoms with van der Waals surface area (Å²) in [6, 6.07) is 7.38. The van der Waals surface area contributed by atoms with Crippen molar-refractivity contribution in [2.24, 2.45) is 0 Å². The number of aliphatic hydroxyl groups is 1. The summed E-state index contributed by atoms with van der Waals surface area (Å²) in [4.78, 5) is 0. The SMILES string of the molecule is COc1cc(Cc2cc(C)c(O)c(CO)c2)cc(C)c1O. The molecule has 0 aliphatic rings. The van der Waals surface area contributed by atoms with Crippen LogP contribution in [0.3, 0.4) is 0 Å². The van der Waals surface area contributed by atoms with Crippen LogP contribution < -0.4 is 4.74 Å². The fourth-order valence-corrected chi connectivity index (χ4v) is 2.47. The van der Waals surface area contributed by atoms with Gasteiger partial charge in [-0.3, -0.25) is 0 Å². The van der Waals surface area contributed by atoms with E-state index in [0.717, 1.165) is 22.3 Å². The van der Waals surface area contributed by atoms with Gasteiger partial charge in [-0.25, -0.2) is 0 Å². The summed E-state index contributed by atoms with van der Waals surface area (Å²) in [6.07, 6.45) is 0.631. The molecule has 2 rings (SSSR count). The van der Waals surface area contributed by atoms with Crippen molar-refractivity contribution in [2.45, 2.75) is 26.9 Å². The summed E-state index contributed by atoms with van der Waals surface area (Å²) in [5.74, 6) is 0.739. The van der Waals surface area contributed by atoms with E-state index in [9.17, 15) is 15.3 Å². The normalized spacial score (nSPS) is 10.7. The smallest absolute Gasteiger partial charge is 0.161 e. The predicted molar refractivity (Wildman–Crippen MR) is 81.0 cm³/mol. The van der Waals surface area contributed by atoms with Crippen molar-refractivity contribution in [1.29, 1.82) is 0 Å². The van der Waals surface area contributed by atoms with Crippen LogP contribution in [0.2, 0.25) is 0 Å². The molecule has 3 N–H and O–H groups in total. The molecule has 0 spiro atoms. The molecule has 0 aliphatic carbocycles. The molecule has 0 atom stereocenters. The molecule has 0 bridgehead atoms. The van der Waals surface area contributed by atoms with E-state index in [1.807, 2.05) is 19.1 Å². The molecule has 4 nitrogen and oxygen atoms in total. The van der Waals surface area contributed by atoms with Gasteiger partial charge in [-0.05, 0) is 54.7 Å². The van der Waals surface area contributed by atoms with Gasteiger partial charge in [0.25, 0.3) is 0 Å². The minimum absolute atomic E-state index is 0.140. The second-order valence-electron chi connectivity index (χ2n) is 5.22. The topological polar surface area (TPSA) is 69.9 Å². The molecule has 0 radical (unpaired) electrons. The van der Waals surface area contributed by atoms with Gasteiger partial charge in [0.15, 0.2) is 11.5 Å². The number of aromatic hydroxyl groups is 2. The maximum atomic E-state index is 9.86. The van der Waals surface area contributed by atoms with Crippen molar-refractivity contribution in [1.82, 2.24) is 0 Å². The summed E-state index contributed by atoms with van der Waals surface area (Å²) >= 11 is 0. The first kappa shape index (κ1) is 15.2. The van der Waals surface area contributed by atoms with Crippen LogP contribution in [0.25, 0.3) is 0 Å². The Kier molecular flexibility index (Phi) is 4.38. The maximum absolute atomic E-state index is 9.86. The lowest BCUT2D eigenvalue weighted by Crippen LogP contribution is -1.96. The predicted octanol–water partition coefficient (Wildman–Crippen LogP) is 2.81. The standard InChI is InChI=1S/C17H20O4/c1-10-4-12(7-14(9-18)16(10)19)6-13-5-11(2)17(20)15(8-13)21-3/h4-5,7-8,18-20H,6,9H2,1-3H3. The molecule has 0 unspecified atom stereocenters. The number of hydrogen-bond acceptors (Lipinski definition) is 4. The van der Waals surface area contributed by atoms with E-state index in [0.29, 0.717) is 17.7 Å². The molecule has 0 aliphatic heterocycles. The number of benzene rings is 2. The number of aliphatic hydroxyl groups excluding tert-OH is 1. The van der Waals surface area contributed by atoms with Crippen molar-refractivity contribution in [3.8, 4) is 17.2 Å². The van der Waals surface area contributed by atoms with Gasteiger partial charge in [-0.2, -0.15) is 0 Å². The Bertz CT molecular complexity index is 605. The minimum Gasteiger partial charge on any atom is -0.507 e. The molecule has 2 aromatic rings. The van der Waals surface area contributed by atoms with Crippen molar-refractivity contribution in [2.75, 3.05) is 7.11 Å². The molecule has 4 heteroatoms. The Morgan fingerprint density at radius 3 is 2.05 bits per heavy atom. The van der Waals surface area contributed by atoms with Gasteiger partial charge in [-0.1, -0.05) is 12.1 Å². The highest BCUT2D eigenvalue weighted by Gasteiger charge is 2.10. The highest BCUT2D eigenvalue weighted by Crippen LogP contribution is 2.32. The number of phenolic OH excluding ortho intramolecular Hbond substituents is 1. The number of ether oxygens (including phenoxy) is 1. The van der Waals surface area contributed by atoms with E-state index in [2.05, 4.69) is 0 Å². The molecule has 2 aromatic carbocycles. The van der Waals surface area contributed by atoms with Crippen molar-refractivity contribution in [3.05, 3.63) is 52.1 Å². The quantitative estimate of drug-likeness (QED) is 0.809. The average molecular weight is 288 g/mol. The lowest BCUT2D eigenvalue weighted by Gasteiger charge is -2.12. The largest absolute Gasteiger partial charge is 0.507 e. The van der Waals surface area contributed by atoms with Crippen molar-refractivity contribution >= 4 is 0 Å². The lowest BCUT2D eigenvalue weighted by atomic mass is 9.98. The number of aryl methyl sites for hydroxylation is 2. The Morgan fingerprint density at radius 1 is 0.905 bits per heavy atom. The van der Waals surface area contributed by atoms with E-state index >= 15 is 0 Å². The van der Waals surface area contributed by atoms with Gasteiger partial charge in [-0.15, -0.1) is 0 Å². The van der Waals surface area contributed by atoms with E-state index < -0.39 is 0 Å². The van der Waals surface area contributed by atoms with E-state index in [4.69, 9.17) is 4.74 Å². The molecular weight excluding hydrogens is 268 g/mol. The molecule has 0 saturated carbocycles. The van der Waals surface area contributed by atoms with Crippen LogP contribution in [0, 0.1) is 13.8 Å². The first-order valence-electron chi connectivity index (χ1n) is 6.75. The fraction of sp³-hybridized carbons (Fsp3) is 0.294. The monoisotopic (exact) mass is 288 g/mol. The molecule has 0 heterocycles. The summed E-state index contributed by atoms with van der Waals surface area (Å²) < 4.78 is 5.16. The Balaban J connectivity index is 2.38. The molecule has 0 saturated heterocycles. The van der Waals surface area contributed by atoms with Crippen LogP contribution in [0.15, 0.2) is 24.3 Å². The van der Waals surface area contributed by atoms with E-state index in [1.165, 1.54) is 7.11 Å². The molecular formula is C17H20O4. The van der Waals surface area contributed by atoms with Crippen LogP contribution in [0.5, 0.6) is 17.2 Å². The van der Waals surface area contributed by atoms with Gasteiger partial charge in [0.1, 0.15) is 5.75 Å². The molecule has 0 fully saturated rings. The second-order valence-corrected chi connectivity index (χ2v) is 5.22. The van der Waals surface area contributed by atoms with Crippen molar-refractivity contribution < 1.29 is 20.1 Å². The van der Waals surface area contributed by atoms with Crippen molar-refractivity contribution in [3.63, 3.8) is 0 Å². The minimum atomic E-state index is -0.196. The number of phenols is 2. The second kappa shape index (κ2) is 6.06. The van der Waals surface area contributed by atoms with Crippen LogP contribution in [0.4, 0.5) is 0 Å². The summed E-state index contributed by atoms with van der Waals surface area (Å²) in [7, 11) is 1.52. The van der Waals surface area contributed by atoms with E-state index in [-0.39, 0.29) is 18.1 Å². The fourth-order valence-electron chi connectivity index (χ4n) is 2.47. The third-order valence-electron chi connectivity index (χ3n) is 3.56. The van der Waals surface area contributed by atoms with Gasteiger partial charge in [0.05, 0.1) is 13.7 Å². The van der Waals surface area contributed by atoms with Crippen LogP contribution >= 0.6 is 0 Å². The molecule has 0 aromatic heterocycles. The Hall–Kier alpha value is -2.20. The van der Waals surface area contributed by atoms with Gasteiger partial charge in [0.2, 0.25) is 0 Å². The van der Waals surface area contributed by atoms with Crippen LogP contribution in [-0.4, -0.2) is 22.4 Å². The summed E-state index contributed by atoms with van der Waals surface area (Å²) in [6.45, 7) is 3.43. The lowest BCUT2D eigenvalue weighted by molar-refractivity contribution is 0.275. The first-order chi connectivity index (χ1) is 9.96. The molecule has 0 amide bonds. The van der Waals surface area contributed by atoms with E-state index in [1.54, 1.807) is 19.1 Å². The number of hydrogen-bond donors (Lipinski definition) is 3. The van der Waals surface area contributed by atoms with Gasteiger partial charge >= 0.3 is 0 Å². The summed E-state index contributed by atoms with van der Waals surface area (Å²) in [5, 5.41) is 29.0. The van der Waals surface area contributed by atoms with Crippen LogP contribution in [0.1, 0.15) is 27.8 Å². The average Bonchev–Trinajstić information content (AvgIpc) is 2.46. The highest BCUT2D eigenvalue weighted by molar-refractivity contribution is 5.50. The zero-order valence-corrected chi connectivity index (χ0v) is 12.5. The Labute approximate surface area is 124 Å². The van der Waals surface area contributed by atoms with Crippen LogP contribution in [-0.2, 0) is 13.0 Å². The molecule has 112 valence electrons.